The molecule has 6 heteroatoms. The molecule has 2 atom stereocenters. The highest BCUT2D eigenvalue weighted by Gasteiger charge is 2.30. The summed E-state index contributed by atoms with van der Waals surface area (Å²) in [6.45, 7) is 2.88. The van der Waals surface area contributed by atoms with Crippen LogP contribution < -0.4 is 16.4 Å². The number of urea groups is 1. The summed E-state index contributed by atoms with van der Waals surface area (Å²) in [6, 6.07) is 8.26. The predicted molar refractivity (Wildman–Crippen MR) is 81.8 cm³/mol. The Morgan fingerprint density at radius 2 is 2.10 bits per heavy atom. The standard InChI is InChI=1S/C15H22N4O2/c1-11(14(20)19-9-5-8-13(19)10-16)17-15(21)18-12-6-3-2-4-7-12/h2-4,6-7,11,13H,5,8-10,16H2,1H3,(H2,17,18,21). The minimum Gasteiger partial charge on any atom is -0.337 e. The Morgan fingerprint density at radius 3 is 2.76 bits per heavy atom. The highest BCUT2D eigenvalue weighted by atomic mass is 16.2. The summed E-state index contributed by atoms with van der Waals surface area (Å²) in [5, 5.41) is 5.37. The molecule has 114 valence electrons. The van der Waals surface area contributed by atoms with Crippen molar-refractivity contribution in [1.29, 1.82) is 0 Å². The molecular formula is C15H22N4O2. The van der Waals surface area contributed by atoms with E-state index in [2.05, 4.69) is 10.6 Å². The minimum absolute atomic E-state index is 0.0776. The van der Waals surface area contributed by atoms with Gasteiger partial charge in [0.1, 0.15) is 6.04 Å². The number of para-hydroxylation sites is 1. The first-order chi connectivity index (χ1) is 10.1. The number of anilines is 1. The Labute approximate surface area is 124 Å². The molecule has 21 heavy (non-hydrogen) atoms. The first kappa shape index (κ1) is 15.3. The van der Waals surface area contributed by atoms with Crippen LogP contribution in [0.15, 0.2) is 30.3 Å². The van der Waals surface area contributed by atoms with Crippen LogP contribution in [0.25, 0.3) is 0 Å². The molecule has 0 spiro atoms. The number of rotatable bonds is 4. The lowest BCUT2D eigenvalue weighted by Gasteiger charge is -2.27. The van der Waals surface area contributed by atoms with E-state index >= 15 is 0 Å². The van der Waals surface area contributed by atoms with Crippen LogP contribution in [0.5, 0.6) is 0 Å². The lowest BCUT2D eigenvalue weighted by molar-refractivity contribution is -0.133. The number of hydrogen-bond donors (Lipinski definition) is 3. The van der Waals surface area contributed by atoms with Crippen LogP contribution in [0.1, 0.15) is 19.8 Å². The Bertz CT molecular complexity index is 492. The Morgan fingerprint density at radius 1 is 1.38 bits per heavy atom. The van der Waals surface area contributed by atoms with Crippen molar-refractivity contribution >= 4 is 17.6 Å². The summed E-state index contributed by atoms with van der Waals surface area (Å²) < 4.78 is 0. The van der Waals surface area contributed by atoms with Crippen LogP contribution in [0.3, 0.4) is 0 Å². The van der Waals surface area contributed by atoms with Crippen LogP contribution in [0.2, 0.25) is 0 Å². The quantitative estimate of drug-likeness (QED) is 0.777. The fourth-order valence-electron chi connectivity index (χ4n) is 2.57. The molecule has 1 fully saturated rings. The Kier molecular flexibility index (Phi) is 5.16. The van der Waals surface area contributed by atoms with Gasteiger partial charge < -0.3 is 21.3 Å². The molecule has 3 amide bonds. The summed E-state index contributed by atoms with van der Waals surface area (Å²) in [7, 11) is 0. The summed E-state index contributed by atoms with van der Waals surface area (Å²) in [4.78, 5) is 26.0. The van der Waals surface area contributed by atoms with Crippen molar-refractivity contribution in [2.75, 3.05) is 18.4 Å². The average molecular weight is 290 g/mol. The van der Waals surface area contributed by atoms with Crippen LogP contribution >= 0.6 is 0 Å². The van der Waals surface area contributed by atoms with E-state index in [9.17, 15) is 9.59 Å². The van der Waals surface area contributed by atoms with Crippen LogP contribution in [0, 0.1) is 0 Å². The summed E-state index contributed by atoms with van der Waals surface area (Å²) in [6.07, 6.45) is 1.90. The van der Waals surface area contributed by atoms with Crippen LogP contribution in [-0.4, -0.2) is 42.0 Å². The van der Waals surface area contributed by atoms with E-state index in [4.69, 9.17) is 5.73 Å². The van der Waals surface area contributed by atoms with Crippen molar-refractivity contribution in [1.82, 2.24) is 10.2 Å². The third-order valence-corrected chi connectivity index (χ3v) is 3.68. The molecule has 0 aliphatic carbocycles. The van der Waals surface area contributed by atoms with Gasteiger partial charge in [0.15, 0.2) is 0 Å². The minimum atomic E-state index is -0.569. The lowest BCUT2D eigenvalue weighted by atomic mass is 10.2. The molecule has 2 rings (SSSR count). The van der Waals surface area contributed by atoms with E-state index in [1.54, 1.807) is 24.0 Å². The SMILES string of the molecule is CC(NC(=O)Nc1ccccc1)C(=O)N1CCCC1CN. The molecule has 0 saturated carbocycles. The first-order valence-electron chi connectivity index (χ1n) is 7.25. The zero-order valence-corrected chi connectivity index (χ0v) is 12.2. The lowest BCUT2D eigenvalue weighted by Crippen LogP contribution is -2.50. The van der Waals surface area contributed by atoms with E-state index in [-0.39, 0.29) is 18.0 Å². The number of hydrogen-bond acceptors (Lipinski definition) is 3. The number of carbonyl (C=O) groups is 2. The Hall–Kier alpha value is -2.08. The van der Waals surface area contributed by atoms with Crippen molar-refractivity contribution in [2.45, 2.75) is 31.8 Å². The fraction of sp³-hybridized carbons (Fsp3) is 0.467. The van der Waals surface area contributed by atoms with Gasteiger partial charge in [-0.2, -0.15) is 0 Å². The molecule has 1 aliphatic heterocycles. The molecule has 4 N–H and O–H groups in total. The topological polar surface area (TPSA) is 87.5 Å². The third-order valence-electron chi connectivity index (χ3n) is 3.68. The highest BCUT2D eigenvalue weighted by Crippen LogP contribution is 2.17. The monoisotopic (exact) mass is 290 g/mol. The maximum atomic E-state index is 12.3. The number of likely N-dealkylation sites (tertiary alicyclic amines) is 1. The Balaban J connectivity index is 1.87. The van der Waals surface area contributed by atoms with Gasteiger partial charge in [0, 0.05) is 24.8 Å². The number of nitrogens with two attached hydrogens (primary N) is 1. The van der Waals surface area contributed by atoms with Crippen molar-refractivity contribution in [3.05, 3.63) is 30.3 Å². The molecule has 1 aromatic carbocycles. The van der Waals surface area contributed by atoms with E-state index in [1.165, 1.54) is 0 Å². The smallest absolute Gasteiger partial charge is 0.319 e. The second-order valence-electron chi connectivity index (χ2n) is 5.25. The normalized spacial score (nSPS) is 19.1. The predicted octanol–water partition coefficient (Wildman–Crippen LogP) is 1.15. The van der Waals surface area contributed by atoms with Gasteiger partial charge in [0.25, 0.3) is 0 Å². The van der Waals surface area contributed by atoms with Gasteiger partial charge >= 0.3 is 6.03 Å². The van der Waals surface area contributed by atoms with Crippen molar-refractivity contribution in [3.63, 3.8) is 0 Å². The number of nitrogens with zero attached hydrogens (tertiary/aromatic N) is 1. The van der Waals surface area contributed by atoms with Gasteiger partial charge in [0.05, 0.1) is 0 Å². The van der Waals surface area contributed by atoms with Crippen molar-refractivity contribution in [2.24, 2.45) is 5.73 Å². The summed E-state index contributed by atoms with van der Waals surface area (Å²) in [5.41, 5.74) is 6.36. The zero-order valence-electron chi connectivity index (χ0n) is 12.2. The number of benzene rings is 1. The summed E-state index contributed by atoms with van der Waals surface area (Å²) >= 11 is 0. The van der Waals surface area contributed by atoms with E-state index in [0.29, 0.717) is 18.8 Å². The molecule has 0 bridgehead atoms. The van der Waals surface area contributed by atoms with Gasteiger partial charge in [-0.25, -0.2) is 4.79 Å². The van der Waals surface area contributed by atoms with Gasteiger partial charge in [-0.05, 0) is 31.9 Å². The van der Waals surface area contributed by atoms with Crippen molar-refractivity contribution < 1.29 is 9.59 Å². The molecule has 6 nitrogen and oxygen atoms in total. The average Bonchev–Trinajstić information content (AvgIpc) is 2.95. The van der Waals surface area contributed by atoms with E-state index < -0.39 is 6.04 Å². The number of nitrogens with one attached hydrogen (secondary N) is 2. The largest absolute Gasteiger partial charge is 0.337 e. The van der Waals surface area contributed by atoms with Gasteiger partial charge in [-0.15, -0.1) is 0 Å². The molecule has 1 saturated heterocycles. The second kappa shape index (κ2) is 7.08. The van der Waals surface area contributed by atoms with Gasteiger partial charge in [0.2, 0.25) is 5.91 Å². The third kappa shape index (κ3) is 3.95. The molecule has 1 aliphatic rings. The maximum Gasteiger partial charge on any atom is 0.319 e. The first-order valence-corrected chi connectivity index (χ1v) is 7.25. The molecule has 1 aromatic rings. The van der Waals surface area contributed by atoms with Crippen LogP contribution in [0.4, 0.5) is 10.5 Å². The zero-order chi connectivity index (χ0) is 15.2. The van der Waals surface area contributed by atoms with Gasteiger partial charge in [-0.1, -0.05) is 18.2 Å². The van der Waals surface area contributed by atoms with E-state index in [0.717, 1.165) is 12.8 Å². The molecule has 0 radical (unpaired) electrons. The fourth-order valence-corrected chi connectivity index (χ4v) is 2.57. The molecular weight excluding hydrogens is 268 g/mol. The highest BCUT2D eigenvalue weighted by molar-refractivity contribution is 5.93. The molecule has 1 heterocycles. The van der Waals surface area contributed by atoms with Gasteiger partial charge in [-0.3, -0.25) is 4.79 Å². The maximum absolute atomic E-state index is 12.3. The molecule has 0 aromatic heterocycles. The second-order valence-corrected chi connectivity index (χ2v) is 5.25. The van der Waals surface area contributed by atoms with Crippen LogP contribution in [-0.2, 0) is 4.79 Å². The van der Waals surface area contributed by atoms with Crippen molar-refractivity contribution in [3.8, 4) is 0 Å². The van der Waals surface area contributed by atoms with E-state index in [1.807, 2.05) is 18.2 Å². The number of amides is 3. The number of carbonyl (C=O) groups excluding carboxylic acids is 2. The molecule has 2 unspecified atom stereocenters. The summed E-state index contributed by atoms with van der Waals surface area (Å²) in [5.74, 6) is -0.0776.